The van der Waals surface area contributed by atoms with Crippen LogP contribution >= 0.6 is 11.6 Å². The van der Waals surface area contributed by atoms with Crippen LogP contribution in [0.3, 0.4) is 0 Å². The van der Waals surface area contributed by atoms with Gasteiger partial charge in [-0.2, -0.15) is 5.10 Å². The van der Waals surface area contributed by atoms with Crippen molar-refractivity contribution >= 4 is 38.9 Å². The average molecular weight is 464 g/mol. The summed E-state index contributed by atoms with van der Waals surface area (Å²) in [5.74, 6) is -0.523. The highest BCUT2D eigenvalue weighted by Gasteiger charge is 2.27. The standard InChI is InChI=1S/C23H30ClN3O3S/c1-3-4-5-6-8-12-19(2)25-26-23(28)18-27(21-14-11-13-20(24)17-21)31(29,30)22-15-9-7-10-16-22/h7,9-11,13-17H,3-6,8,12,18H2,1-2H3,(H,26,28)/b25-19-. The predicted molar refractivity (Wildman–Crippen MR) is 127 cm³/mol. The molecule has 1 amide bonds. The van der Waals surface area contributed by atoms with E-state index in [4.69, 9.17) is 11.6 Å². The van der Waals surface area contributed by atoms with Crippen molar-refractivity contribution < 1.29 is 13.2 Å². The van der Waals surface area contributed by atoms with E-state index in [0.29, 0.717) is 10.7 Å². The second-order valence-electron chi connectivity index (χ2n) is 7.35. The quantitative estimate of drug-likeness (QED) is 0.260. The number of rotatable bonds is 12. The maximum Gasteiger partial charge on any atom is 0.264 e. The zero-order valence-electron chi connectivity index (χ0n) is 18.1. The molecule has 1 N–H and O–H groups in total. The molecule has 2 aromatic rings. The first-order chi connectivity index (χ1) is 14.8. The molecular formula is C23H30ClN3O3S. The fourth-order valence-electron chi connectivity index (χ4n) is 3.03. The molecule has 0 radical (unpaired) electrons. The Hall–Kier alpha value is -2.38. The smallest absolute Gasteiger partial charge is 0.264 e. The minimum Gasteiger partial charge on any atom is -0.271 e. The molecule has 0 unspecified atom stereocenters. The number of carbonyl (C=O) groups excluding carboxylic acids is 1. The van der Waals surface area contributed by atoms with E-state index in [9.17, 15) is 13.2 Å². The minimum absolute atomic E-state index is 0.0922. The van der Waals surface area contributed by atoms with Crippen LogP contribution in [-0.2, 0) is 14.8 Å². The van der Waals surface area contributed by atoms with E-state index in [0.717, 1.165) is 29.3 Å². The van der Waals surface area contributed by atoms with Crippen LogP contribution in [-0.4, -0.2) is 26.6 Å². The first-order valence-electron chi connectivity index (χ1n) is 10.5. The van der Waals surface area contributed by atoms with Crippen LogP contribution in [0.5, 0.6) is 0 Å². The third kappa shape index (κ3) is 7.99. The molecule has 2 rings (SSSR count). The first kappa shape index (κ1) is 24.9. The SMILES string of the molecule is CCCCCCC/C(C)=N\NC(=O)CN(c1cccc(Cl)c1)S(=O)(=O)c1ccccc1. The molecule has 0 fully saturated rings. The molecule has 0 aliphatic carbocycles. The van der Waals surface area contributed by atoms with Crippen molar-refractivity contribution in [2.45, 2.75) is 57.3 Å². The fraction of sp³-hybridized carbons (Fsp3) is 0.391. The van der Waals surface area contributed by atoms with Gasteiger partial charge in [0.25, 0.3) is 15.9 Å². The molecule has 0 saturated carbocycles. The van der Waals surface area contributed by atoms with E-state index < -0.39 is 22.5 Å². The lowest BCUT2D eigenvalue weighted by molar-refractivity contribution is -0.119. The van der Waals surface area contributed by atoms with Crippen LogP contribution < -0.4 is 9.73 Å². The molecule has 0 saturated heterocycles. The Kier molecular flexibility index (Phi) is 10.0. The van der Waals surface area contributed by atoms with Crippen LogP contribution in [0.25, 0.3) is 0 Å². The maximum absolute atomic E-state index is 13.2. The van der Waals surface area contributed by atoms with Gasteiger partial charge in [0, 0.05) is 10.7 Å². The van der Waals surface area contributed by atoms with Crippen molar-refractivity contribution in [2.24, 2.45) is 5.10 Å². The summed E-state index contributed by atoms with van der Waals surface area (Å²) in [6.45, 7) is 3.62. The van der Waals surface area contributed by atoms with Crippen LogP contribution in [0.4, 0.5) is 5.69 Å². The predicted octanol–water partition coefficient (Wildman–Crippen LogP) is 5.39. The van der Waals surface area contributed by atoms with Crippen molar-refractivity contribution in [3.05, 3.63) is 59.6 Å². The van der Waals surface area contributed by atoms with Gasteiger partial charge in [0.05, 0.1) is 10.6 Å². The van der Waals surface area contributed by atoms with E-state index in [2.05, 4.69) is 17.5 Å². The van der Waals surface area contributed by atoms with E-state index in [1.54, 1.807) is 36.4 Å². The molecule has 0 aliphatic heterocycles. The van der Waals surface area contributed by atoms with Gasteiger partial charge in [0.2, 0.25) is 0 Å². The molecule has 0 heterocycles. The molecule has 0 bridgehead atoms. The number of benzene rings is 2. The summed E-state index contributed by atoms with van der Waals surface area (Å²) in [6.07, 6.45) is 6.56. The van der Waals surface area contributed by atoms with Crippen LogP contribution in [0.1, 0.15) is 52.4 Å². The third-order valence-corrected chi connectivity index (χ3v) is 6.75. The van der Waals surface area contributed by atoms with Crippen molar-refractivity contribution in [1.82, 2.24) is 5.43 Å². The summed E-state index contributed by atoms with van der Waals surface area (Å²) < 4.78 is 27.5. The largest absolute Gasteiger partial charge is 0.271 e. The number of sulfonamides is 1. The zero-order chi connectivity index (χ0) is 22.7. The van der Waals surface area contributed by atoms with Crippen LogP contribution in [0, 0.1) is 0 Å². The summed E-state index contributed by atoms with van der Waals surface area (Å²) in [5, 5.41) is 4.51. The lowest BCUT2D eigenvalue weighted by Gasteiger charge is -2.23. The Labute approximate surface area is 190 Å². The number of hydrazone groups is 1. The van der Waals surface area contributed by atoms with Gasteiger partial charge in [-0.15, -0.1) is 0 Å². The average Bonchev–Trinajstić information content (AvgIpc) is 2.76. The third-order valence-electron chi connectivity index (χ3n) is 4.73. The van der Waals surface area contributed by atoms with Gasteiger partial charge in [-0.05, 0) is 50.1 Å². The summed E-state index contributed by atoms with van der Waals surface area (Å²) in [6, 6.07) is 14.4. The molecule has 0 spiro atoms. The topological polar surface area (TPSA) is 78.8 Å². The zero-order valence-corrected chi connectivity index (χ0v) is 19.6. The molecule has 8 heteroatoms. The Morgan fingerprint density at radius 2 is 1.74 bits per heavy atom. The van der Waals surface area contributed by atoms with Crippen molar-refractivity contribution in [3.63, 3.8) is 0 Å². The highest BCUT2D eigenvalue weighted by Crippen LogP contribution is 2.25. The van der Waals surface area contributed by atoms with Crippen molar-refractivity contribution in [2.75, 3.05) is 10.8 Å². The van der Waals surface area contributed by atoms with E-state index in [1.165, 1.54) is 37.5 Å². The normalized spacial score (nSPS) is 11.9. The number of nitrogens with zero attached hydrogens (tertiary/aromatic N) is 2. The van der Waals surface area contributed by atoms with Gasteiger partial charge < -0.3 is 0 Å². The van der Waals surface area contributed by atoms with E-state index in [-0.39, 0.29) is 4.90 Å². The number of hydrogen-bond donors (Lipinski definition) is 1. The Balaban J connectivity index is 2.11. The highest BCUT2D eigenvalue weighted by atomic mass is 35.5. The van der Waals surface area contributed by atoms with Crippen molar-refractivity contribution in [3.8, 4) is 0 Å². The Bertz CT molecular complexity index is 979. The van der Waals surface area contributed by atoms with Gasteiger partial charge in [-0.25, -0.2) is 13.8 Å². The van der Waals surface area contributed by atoms with E-state index in [1.807, 2.05) is 6.92 Å². The van der Waals surface area contributed by atoms with Gasteiger partial charge in [-0.1, -0.05) is 68.5 Å². The fourth-order valence-corrected chi connectivity index (χ4v) is 4.65. The summed E-state index contributed by atoms with van der Waals surface area (Å²) >= 11 is 6.06. The molecular weight excluding hydrogens is 434 g/mol. The number of carbonyl (C=O) groups is 1. The van der Waals surface area contributed by atoms with Gasteiger partial charge in [0.1, 0.15) is 6.54 Å². The lowest BCUT2D eigenvalue weighted by Crippen LogP contribution is -2.39. The lowest BCUT2D eigenvalue weighted by atomic mass is 10.1. The van der Waals surface area contributed by atoms with Crippen LogP contribution in [0.2, 0.25) is 5.02 Å². The number of anilines is 1. The number of halogens is 1. The second kappa shape index (κ2) is 12.5. The second-order valence-corrected chi connectivity index (χ2v) is 9.65. The number of hydrogen-bond acceptors (Lipinski definition) is 4. The van der Waals surface area contributed by atoms with Crippen molar-refractivity contribution in [1.29, 1.82) is 0 Å². The minimum atomic E-state index is -3.96. The monoisotopic (exact) mass is 463 g/mol. The van der Waals surface area contributed by atoms with Gasteiger partial charge in [0.15, 0.2) is 0 Å². The molecule has 0 aliphatic rings. The maximum atomic E-state index is 13.2. The summed E-state index contributed by atoms with van der Waals surface area (Å²) in [4.78, 5) is 12.6. The molecule has 0 aromatic heterocycles. The molecule has 31 heavy (non-hydrogen) atoms. The summed E-state index contributed by atoms with van der Waals surface area (Å²) in [5.41, 5.74) is 3.60. The van der Waals surface area contributed by atoms with Crippen LogP contribution in [0.15, 0.2) is 64.6 Å². The highest BCUT2D eigenvalue weighted by molar-refractivity contribution is 7.92. The summed E-state index contributed by atoms with van der Waals surface area (Å²) in [7, 11) is -3.96. The first-order valence-corrected chi connectivity index (χ1v) is 12.3. The van der Waals surface area contributed by atoms with E-state index >= 15 is 0 Å². The number of nitrogens with one attached hydrogen (secondary N) is 1. The Morgan fingerprint density at radius 1 is 1.03 bits per heavy atom. The molecule has 2 aromatic carbocycles. The molecule has 0 atom stereocenters. The van der Waals surface area contributed by atoms with Gasteiger partial charge in [-0.3, -0.25) is 9.10 Å². The molecule has 6 nitrogen and oxygen atoms in total. The number of amides is 1. The molecule has 168 valence electrons. The Morgan fingerprint density at radius 3 is 2.42 bits per heavy atom. The van der Waals surface area contributed by atoms with Gasteiger partial charge >= 0.3 is 0 Å². The number of unbranched alkanes of at least 4 members (excludes halogenated alkanes) is 4.